The van der Waals surface area contributed by atoms with E-state index in [2.05, 4.69) is 10.6 Å². The highest BCUT2D eigenvalue weighted by Gasteiger charge is 2.25. The summed E-state index contributed by atoms with van der Waals surface area (Å²) in [6.07, 6.45) is 5.21. The molecule has 1 fully saturated rings. The van der Waals surface area contributed by atoms with Crippen molar-refractivity contribution in [2.75, 3.05) is 35.1 Å². The number of ether oxygens (including phenoxy) is 2. The number of carbonyl (C=O) groups excluding carboxylic acids is 3. The SMILES string of the molecule is Cc1ccc(C)c(N(CC(=O)NC2CCCCC2)C(=O)CS(=O)CC(=O)Nc2ccc3c(c2)OCO3)c1. The van der Waals surface area contributed by atoms with Crippen molar-refractivity contribution in [2.45, 2.75) is 52.0 Å². The number of carbonyl (C=O) groups is 3. The molecule has 4 rings (SSSR count). The molecule has 0 radical (unpaired) electrons. The fourth-order valence-corrected chi connectivity index (χ4v) is 5.46. The molecule has 9 nitrogen and oxygen atoms in total. The molecular formula is C27H33N3O6S. The molecule has 0 aromatic heterocycles. The number of amides is 3. The zero-order valence-electron chi connectivity index (χ0n) is 21.2. The van der Waals surface area contributed by atoms with Crippen LogP contribution in [0.2, 0.25) is 0 Å². The van der Waals surface area contributed by atoms with Gasteiger partial charge in [0.05, 0.1) is 0 Å². The van der Waals surface area contributed by atoms with E-state index in [4.69, 9.17) is 9.47 Å². The maximum Gasteiger partial charge on any atom is 0.240 e. The summed E-state index contributed by atoms with van der Waals surface area (Å²) in [6, 6.07) is 10.7. The molecule has 1 aliphatic heterocycles. The van der Waals surface area contributed by atoms with E-state index >= 15 is 0 Å². The van der Waals surface area contributed by atoms with Crippen LogP contribution in [0.3, 0.4) is 0 Å². The van der Waals surface area contributed by atoms with Crippen LogP contribution in [0, 0.1) is 13.8 Å². The number of nitrogens with zero attached hydrogens (tertiary/aromatic N) is 1. The monoisotopic (exact) mass is 527 g/mol. The second kappa shape index (κ2) is 12.2. The van der Waals surface area contributed by atoms with Crippen molar-refractivity contribution in [3.63, 3.8) is 0 Å². The average molecular weight is 528 g/mol. The molecule has 0 bridgehead atoms. The van der Waals surface area contributed by atoms with Gasteiger partial charge in [-0.1, -0.05) is 31.4 Å². The first-order chi connectivity index (χ1) is 17.8. The predicted molar refractivity (Wildman–Crippen MR) is 142 cm³/mol. The summed E-state index contributed by atoms with van der Waals surface area (Å²) in [5.74, 6) is -0.822. The number of aryl methyl sites for hydroxylation is 2. The summed E-state index contributed by atoms with van der Waals surface area (Å²) in [5.41, 5.74) is 2.85. The Hall–Kier alpha value is -3.40. The largest absolute Gasteiger partial charge is 0.454 e. The van der Waals surface area contributed by atoms with E-state index in [-0.39, 0.29) is 36.8 Å². The minimum absolute atomic E-state index is 0.116. The highest BCUT2D eigenvalue weighted by Crippen LogP contribution is 2.34. The first kappa shape index (κ1) is 26.7. The third kappa shape index (κ3) is 7.31. The van der Waals surface area contributed by atoms with Crippen LogP contribution in [0.4, 0.5) is 11.4 Å². The Labute approximate surface area is 219 Å². The van der Waals surface area contributed by atoms with Gasteiger partial charge in [0.1, 0.15) is 18.1 Å². The first-order valence-corrected chi connectivity index (χ1v) is 14.0. The minimum Gasteiger partial charge on any atom is -0.454 e. The fraction of sp³-hybridized carbons (Fsp3) is 0.444. The summed E-state index contributed by atoms with van der Waals surface area (Å²) < 4.78 is 23.4. The van der Waals surface area contributed by atoms with Crippen molar-refractivity contribution in [2.24, 2.45) is 0 Å². The van der Waals surface area contributed by atoms with Crippen LogP contribution in [-0.4, -0.2) is 52.8 Å². The van der Waals surface area contributed by atoms with E-state index in [1.165, 1.54) is 11.3 Å². The summed E-state index contributed by atoms with van der Waals surface area (Å²) in [5, 5.41) is 5.72. The van der Waals surface area contributed by atoms with Crippen LogP contribution in [0.1, 0.15) is 43.2 Å². The van der Waals surface area contributed by atoms with Gasteiger partial charge in [-0.3, -0.25) is 18.6 Å². The Bertz CT molecular complexity index is 1190. The van der Waals surface area contributed by atoms with Crippen molar-refractivity contribution in [1.82, 2.24) is 5.32 Å². The standard InChI is InChI=1S/C27H33N3O6S/c1-18-8-9-19(2)22(12-18)30(14-25(31)28-20-6-4-3-5-7-20)27(33)16-37(34)15-26(32)29-21-10-11-23-24(13-21)36-17-35-23/h8-13,20H,3-7,14-17H2,1-2H3,(H,28,31)(H,29,32). The zero-order valence-corrected chi connectivity index (χ0v) is 22.0. The molecule has 2 aliphatic rings. The molecule has 2 N–H and O–H groups in total. The number of benzene rings is 2. The lowest BCUT2D eigenvalue weighted by atomic mass is 9.95. The Morgan fingerprint density at radius 1 is 0.946 bits per heavy atom. The Morgan fingerprint density at radius 2 is 1.70 bits per heavy atom. The van der Waals surface area contributed by atoms with E-state index in [9.17, 15) is 18.6 Å². The number of anilines is 2. The van der Waals surface area contributed by atoms with Crippen molar-refractivity contribution in [3.8, 4) is 11.5 Å². The van der Waals surface area contributed by atoms with E-state index in [0.717, 1.165) is 36.8 Å². The van der Waals surface area contributed by atoms with Crippen LogP contribution >= 0.6 is 0 Å². The summed E-state index contributed by atoms with van der Waals surface area (Å²) in [7, 11) is -1.77. The molecule has 3 amide bonds. The topological polar surface area (TPSA) is 114 Å². The fourth-order valence-electron chi connectivity index (χ4n) is 4.57. The molecule has 2 aromatic rings. The van der Waals surface area contributed by atoms with Gasteiger partial charge in [-0.2, -0.15) is 0 Å². The second-order valence-corrected chi connectivity index (χ2v) is 11.0. The second-order valence-electron chi connectivity index (χ2n) is 9.52. The molecule has 37 heavy (non-hydrogen) atoms. The maximum atomic E-state index is 13.3. The van der Waals surface area contributed by atoms with Gasteiger partial charge < -0.3 is 25.0 Å². The van der Waals surface area contributed by atoms with Gasteiger partial charge >= 0.3 is 0 Å². The van der Waals surface area contributed by atoms with Crippen LogP contribution in [0.5, 0.6) is 11.5 Å². The van der Waals surface area contributed by atoms with Gasteiger partial charge in [0.25, 0.3) is 0 Å². The van der Waals surface area contributed by atoms with Crippen molar-refractivity contribution in [1.29, 1.82) is 0 Å². The highest BCUT2D eigenvalue weighted by molar-refractivity contribution is 7.86. The van der Waals surface area contributed by atoms with Crippen LogP contribution < -0.4 is 25.0 Å². The van der Waals surface area contributed by atoms with Crippen molar-refractivity contribution in [3.05, 3.63) is 47.5 Å². The summed E-state index contributed by atoms with van der Waals surface area (Å²) >= 11 is 0. The van der Waals surface area contributed by atoms with E-state index in [1.807, 2.05) is 32.0 Å². The van der Waals surface area contributed by atoms with Crippen molar-refractivity contribution < 1.29 is 28.1 Å². The van der Waals surface area contributed by atoms with E-state index in [0.29, 0.717) is 22.9 Å². The van der Waals surface area contributed by atoms with Crippen LogP contribution in [-0.2, 0) is 25.2 Å². The Balaban J connectivity index is 1.39. The Morgan fingerprint density at radius 3 is 2.49 bits per heavy atom. The van der Waals surface area contributed by atoms with Crippen molar-refractivity contribution >= 4 is 39.9 Å². The number of hydrogen-bond donors (Lipinski definition) is 2. The van der Waals surface area contributed by atoms with Gasteiger partial charge in [-0.05, 0) is 56.0 Å². The number of nitrogens with one attached hydrogen (secondary N) is 2. The molecular weight excluding hydrogens is 494 g/mol. The molecule has 0 saturated heterocycles. The predicted octanol–water partition coefficient (Wildman–Crippen LogP) is 3.20. The maximum absolute atomic E-state index is 13.3. The lowest BCUT2D eigenvalue weighted by Crippen LogP contribution is -2.46. The molecule has 1 heterocycles. The van der Waals surface area contributed by atoms with Gasteiger partial charge in [0, 0.05) is 34.3 Å². The molecule has 2 aromatic carbocycles. The van der Waals surface area contributed by atoms with Crippen LogP contribution in [0.15, 0.2) is 36.4 Å². The molecule has 1 saturated carbocycles. The molecule has 0 spiro atoms. The third-order valence-corrected chi connectivity index (χ3v) is 7.61. The van der Waals surface area contributed by atoms with Gasteiger partial charge in [0.15, 0.2) is 11.5 Å². The number of hydrogen-bond acceptors (Lipinski definition) is 6. The van der Waals surface area contributed by atoms with E-state index in [1.54, 1.807) is 18.2 Å². The summed E-state index contributed by atoms with van der Waals surface area (Å²) in [6.45, 7) is 3.73. The van der Waals surface area contributed by atoms with Crippen LogP contribution in [0.25, 0.3) is 0 Å². The molecule has 1 aliphatic carbocycles. The van der Waals surface area contributed by atoms with Gasteiger partial charge in [0.2, 0.25) is 24.5 Å². The molecule has 10 heteroatoms. The minimum atomic E-state index is -1.77. The quantitative estimate of drug-likeness (QED) is 0.518. The molecule has 198 valence electrons. The zero-order chi connectivity index (χ0) is 26.4. The lowest BCUT2D eigenvalue weighted by Gasteiger charge is -2.27. The lowest BCUT2D eigenvalue weighted by molar-refractivity contribution is -0.123. The normalized spacial score (nSPS) is 15.6. The van der Waals surface area contributed by atoms with Gasteiger partial charge in [-0.15, -0.1) is 0 Å². The van der Waals surface area contributed by atoms with Gasteiger partial charge in [-0.25, -0.2) is 0 Å². The number of rotatable bonds is 9. The smallest absolute Gasteiger partial charge is 0.240 e. The molecule has 1 unspecified atom stereocenters. The highest BCUT2D eigenvalue weighted by atomic mass is 32.2. The molecule has 1 atom stereocenters. The summed E-state index contributed by atoms with van der Waals surface area (Å²) in [4.78, 5) is 40.0. The Kier molecular flexibility index (Phi) is 8.81. The average Bonchev–Trinajstić information content (AvgIpc) is 3.32. The first-order valence-electron chi connectivity index (χ1n) is 12.5. The number of fused-ring (bicyclic) bond motifs is 1. The third-order valence-electron chi connectivity index (χ3n) is 6.46. The van der Waals surface area contributed by atoms with E-state index < -0.39 is 22.6 Å².